The summed E-state index contributed by atoms with van der Waals surface area (Å²) >= 11 is 0. The number of rotatable bonds is 5. The highest BCUT2D eigenvalue weighted by Gasteiger charge is 2.17. The van der Waals surface area contributed by atoms with Crippen molar-refractivity contribution in [2.24, 2.45) is 18.7 Å². The predicted molar refractivity (Wildman–Crippen MR) is 80.2 cm³/mol. The number of carbonyl (C=O) groups excluding carboxylic acids is 1. The highest BCUT2D eigenvalue weighted by atomic mass is 19.1. The number of nitrogens with two attached hydrogens (primary N) is 1. The summed E-state index contributed by atoms with van der Waals surface area (Å²) < 4.78 is 15.5. The molecule has 0 fully saturated rings. The molecule has 0 bridgehead atoms. The second kappa shape index (κ2) is 6.22. The van der Waals surface area contributed by atoms with Gasteiger partial charge >= 0.3 is 0 Å². The van der Waals surface area contributed by atoms with Crippen LogP contribution in [0.4, 0.5) is 4.39 Å². The van der Waals surface area contributed by atoms with Gasteiger partial charge in [-0.1, -0.05) is 19.9 Å². The lowest BCUT2D eigenvalue weighted by Gasteiger charge is -2.15. The Bertz CT molecular complexity index is 650. The van der Waals surface area contributed by atoms with Crippen molar-refractivity contribution in [2.75, 3.05) is 6.54 Å². The first-order valence-electron chi connectivity index (χ1n) is 7.05. The number of para-hydroxylation sites is 1. The average Bonchev–Trinajstić information content (AvgIpc) is 2.76. The number of hydrogen-bond donors (Lipinski definition) is 2. The van der Waals surface area contributed by atoms with E-state index in [9.17, 15) is 9.18 Å². The van der Waals surface area contributed by atoms with E-state index in [0.29, 0.717) is 18.5 Å². The van der Waals surface area contributed by atoms with Crippen LogP contribution < -0.4 is 11.1 Å². The third kappa shape index (κ3) is 3.21. The number of carbonyl (C=O) groups is 1. The molecule has 1 amide bonds. The molecule has 114 valence electrons. The molecule has 3 N–H and O–H groups in total. The maximum atomic E-state index is 13.7. The summed E-state index contributed by atoms with van der Waals surface area (Å²) in [6.45, 7) is 4.23. The van der Waals surface area contributed by atoms with Crippen molar-refractivity contribution in [1.29, 1.82) is 0 Å². The number of fused-ring (bicyclic) bond motifs is 1. The number of imidazole rings is 1. The van der Waals surface area contributed by atoms with Gasteiger partial charge in [-0.15, -0.1) is 0 Å². The topological polar surface area (TPSA) is 72.9 Å². The smallest absolute Gasteiger partial charge is 0.237 e. The molecule has 0 radical (unpaired) electrons. The van der Waals surface area contributed by atoms with Crippen LogP contribution in [0.2, 0.25) is 0 Å². The molecule has 1 heterocycles. The third-order valence-corrected chi connectivity index (χ3v) is 3.62. The van der Waals surface area contributed by atoms with Gasteiger partial charge in [0.1, 0.15) is 11.3 Å². The Balaban J connectivity index is 2.03. The molecule has 1 aromatic carbocycles. The van der Waals surface area contributed by atoms with Crippen molar-refractivity contribution in [3.05, 3.63) is 29.8 Å². The van der Waals surface area contributed by atoms with Crippen molar-refractivity contribution >= 4 is 16.9 Å². The molecule has 1 aromatic heterocycles. The van der Waals surface area contributed by atoms with Gasteiger partial charge < -0.3 is 15.6 Å². The average molecular weight is 292 g/mol. The molecular formula is C15H21FN4O. The Morgan fingerprint density at radius 1 is 1.48 bits per heavy atom. The van der Waals surface area contributed by atoms with Crippen LogP contribution in [0.5, 0.6) is 0 Å². The molecule has 0 aliphatic carbocycles. The van der Waals surface area contributed by atoms with E-state index in [4.69, 9.17) is 5.73 Å². The molecule has 6 heteroatoms. The van der Waals surface area contributed by atoms with Crippen LogP contribution in [-0.2, 0) is 18.3 Å². The van der Waals surface area contributed by atoms with Crippen LogP contribution in [0.3, 0.4) is 0 Å². The zero-order valence-corrected chi connectivity index (χ0v) is 12.6. The van der Waals surface area contributed by atoms with Crippen molar-refractivity contribution in [1.82, 2.24) is 14.9 Å². The number of nitrogens with one attached hydrogen (secondary N) is 1. The molecule has 2 aromatic rings. The lowest BCUT2D eigenvalue weighted by molar-refractivity contribution is -0.123. The van der Waals surface area contributed by atoms with Crippen molar-refractivity contribution < 1.29 is 9.18 Å². The lowest BCUT2D eigenvalue weighted by Crippen LogP contribution is -2.44. The van der Waals surface area contributed by atoms with E-state index in [2.05, 4.69) is 10.3 Å². The van der Waals surface area contributed by atoms with E-state index < -0.39 is 6.04 Å². The number of aryl methyl sites for hydroxylation is 1. The highest BCUT2D eigenvalue weighted by molar-refractivity contribution is 5.81. The molecule has 0 aliphatic rings. The fourth-order valence-corrected chi connectivity index (χ4v) is 2.17. The second-order valence-electron chi connectivity index (χ2n) is 5.51. The van der Waals surface area contributed by atoms with E-state index in [1.165, 1.54) is 6.07 Å². The summed E-state index contributed by atoms with van der Waals surface area (Å²) in [7, 11) is 1.84. The summed E-state index contributed by atoms with van der Waals surface area (Å²) in [6, 6.07) is 4.36. The number of nitrogens with zero attached hydrogens (tertiary/aromatic N) is 2. The number of aromatic nitrogens is 2. The van der Waals surface area contributed by atoms with Crippen LogP contribution in [0.15, 0.2) is 18.2 Å². The molecule has 0 saturated carbocycles. The Morgan fingerprint density at radius 2 is 2.19 bits per heavy atom. The molecule has 2 rings (SSSR count). The van der Waals surface area contributed by atoms with Gasteiger partial charge in [0.2, 0.25) is 5.91 Å². The highest BCUT2D eigenvalue weighted by Crippen LogP contribution is 2.17. The quantitative estimate of drug-likeness (QED) is 0.874. The molecule has 1 atom stereocenters. The monoisotopic (exact) mass is 292 g/mol. The SMILES string of the molecule is CC(C)[C@H](N)C(=O)NCCc1nc2c(F)cccc2n1C. The van der Waals surface area contributed by atoms with E-state index in [0.717, 1.165) is 11.3 Å². The maximum absolute atomic E-state index is 13.7. The summed E-state index contributed by atoms with van der Waals surface area (Å²) in [5, 5.41) is 2.79. The summed E-state index contributed by atoms with van der Waals surface area (Å²) in [5.41, 5.74) is 6.87. The van der Waals surface area contributed by atoms with Gasteiger partial charge in [-0.2, -0.15) is 0 Å². The van der Waals surface area contributed by atoms with E-state index in [1.54, 1.807) is 6.07 Å². The first kappa shape index (κ1) is 15.4. The van der Waals surface area contributed by atoms with Crippen LogP contribution in [0.1, 0.15) is 19.7 Å². The number of benzene rings is 1. The summed E-state index contributed by atoms with van der Waals surface area (Å²) in [5.74, 6) is 0.318. The Labute approximate surface area is 123 Å². The summed E-state index contributed by atoms with van der Waals surface area (Å²) in [4.78, 5) is 16.1. The van der Waals surface area contributed by atoms with Crippen LogP contribution in [0.25, 0.3) is 11.0 Å². The van der Waals surface area contributed by atoms with Gasteiger partial charge in [0.25, 0.3) is 0 Å². The molecule has 0 aliphatic heterocycles. The van der Waals surface area contributed by atoms with Crippen LogP contribution in [0, 0.1) is 11.7 Å². The van der Waals surface area contributed by atoms with Gasteiger partial charge in [-0.25, -0.2) is 9.37 Å². The van der Waals surface area contributed by atoms with Gasteiger partial charge in [-0.3, -0.25) is 4.79 Å². The third-order valence-electron chi connectivity index (χ3n) is 3.62. The number of hydrogen-bond acceptors (Lipinski definition) is 3. The van der Waals surface area contributed by atoms with Crippen molar-refractivity contribution in [3.63, 3.8) is 0 Å². The Morgan fingerprint density at radius 3 is 2.81 bits per heavy atom. The maximum Gasteiger partial charge on any atom is 0.237 e. The molecule has 21 heavy (non-hydrogen) atoms. The molecule has 0 spiro atoms. The lowest BCUT2D eigenvalue weighted by atomic mass is 10.1. The predicted octanol–water partition coefficient (Wildman–Crippen LogP) is 1.35. The van der Waals surface area contributed by atoms with E-state index >= 15 is 0 Å². The van der Waals surface area contributed by atoms with Crippen molar-refractivity contribution in [3.8, 4) is 0 Å². The normalized spacial score (nSPS) is 12.9. The fourth-order valence-electron chi connectivity index (χ4n) is 2.17. The number of halogens is 1. The van der Waals surface area contributed by atoms with E-state index in [-0.39, 0.29) is 17.6 Å². The van der Waals surface area contributed by atoms with Crippen LogP contribution in [-0.4, -0.2) is 28.0 Å². The van der Waals surface area contributed by atoms with Crippen LogP contribution >= 0.6 is 0 Å². The Kier molecular flexibility index (Phi) is 4.57. The molecule has 5 nitrogen and oxygen atoms in total. The minimum absolute atomic E-state index is 0.0924. The Hall–Kier alpha value is -1.95. The van der Waals surface area contributed by atoms with Gasteiger partial charge in [0.05, 0.1) is 11.6 Å². The molecule has 0 unspecified atom stereocenters. The minimum Gasteiger partial charge on any atom is -0.354 e. The van der Waals surface area contributed by atoms with Gasteiger partial charge in [0.15, 0.2) is 5.82 Å². The minimum atomic E-state index is -0.511. The fraction of sp³-hybridized carbons (Fsp3) is 0.467. The zero-order chi connectivity index (χ0) is 15.6. The standard InChI is InChI=1S/C15H21FN4O/c1-9(2)13(17)15(21)18-8-7-12-19-14-10(16)5-4-6-11(14)20(12)3/h4-6,9,13H,7-8,17H2,1-3H3,(H,18,21)/t13-/m0/s1. The number of amides is 1. The van der Waals surface area contributed by atoms with Gasteiger partial charge in [-0.05, 0) is 18.1 Å². The zero-order valence-electron chi connectivity index (χ0n) is 12.6. The van der Waals surface area contributed by atoms with Gasteiger partial charge in [0, 0.05) is 20.0 Å². The first-order valence-corrected chi connectivity index (χ1v) is 7.05. The second-order valence-corrected chi connectivity index (χ2v) is 5.51. The van der Waals surface area contributed by atoms with Crippen molar-refractivity contribution in [2.45, 2.75) is 26.3 Å². The largest absolute Gasteiger partial charge is 0.354 e. The molecule has 0 saturated heterocycles. The van der Waals surface area contributed by atoms with E-state index in [1.807, 2.05) is 31.5 Å². The first-order chi connectivity index (χ1) is 9.91. The molecular weight excluding hydrogens is 271 g/mol. The summed E-state index contributed by atoms with van der Waals surface area (Å²) in [6.07, 6.45) is 0.529.